The fourth-order valence-electron chi connectivity index (χ4n) is 5.82. The summed E-state index contributed by atoms with van der Waals surface area (Å²) in [6.45, 7) is 18.0. The van der Waals surface area contributed by atoms with Crippen molar-refractivity contribution in [1.82, 2.24) is 0 Å². The van der Waals surface area contributed by atoms with Crippen LogP contribution < -0.4 is 9.80 Å². The molecule has 0 saturated heterocycles. The summed E-state index contributed by atoms with van der Waals surface area (Å²) in [7, 11) is 0. The lowest BCUT2D eigenvalue weighted by Crippen LogP contribution is -2.39. The minimum Gasteiger partial charge on any atom is -0.364 e. The lowest BCUT2D eigenvalue weighted by molar-refractivity contribution is 0.478. The number of rotatable bonds is 6. The fraction of sp³-hybridized carbons (Fsp3) is 0.375. The summed E-state index contributed by atoms with van der Waals surface area (Å²) < 4.78 is 1.15. The molecule has 0 aromatic heterocycles. The van der Waals surface area contributed by atoms with Crippen LogP contribution in [0.3, 0.4) is 0 Å². The molecule has 4 rings (SSSR count). The Morgan fingerprint density at radius 3 is 2.23 bits per heavy atom. The summed E-state index contributed by atoms with van der Waals surface area (Å²) in [6, 6.07) is 13.8. The predicted octanol–water partition coefficient (Wildman–Crippen LogP) is 8.61. The molecule has 0 fully saturated rings. The highest BCUT2D eigenvalue weighted by atomic mass is 79.9. The van der Waals surface area contributed by atoms with Crippen molar-refractivity contribution in [2.24, 2.45) is 0 Å². The maximum Gasteiger partial charge on any atom is 0.0568 e. The van der Waals surface area contributed by atoms with Crippen LogP contribution in [0.1, 0.15) is 58.2 Å². The molecule has 2 heterocycles. The molecule has 0 aliphatic carbocycles. The SMILES string of the molecule is CCN1/C(=C/C=C/C=C/C=C/C2N(CC)c3ccc(Br)cc3C2(C)C)C(C)(C)c2cc(C)ccc21. The number of hydrogen-bond donors (Lipinski definition) is 0. The Bertz CT molecular complexity index is 1210. The third kappa shape index (κ3) is 4.56. The van der Waals surface area contributed by atoms with Gasteiger partial charge in [0.25, 0.3) is 0 Å². The molecule has 0 bridgehead atoms. The van der Waals surface area contributed by atoms with Crippen molar-refractivity contribution in [2.45, 2.75) is 65.3 Å². The third-order valence-corrected chi connectivity index (χ3v) is 8.23. The molecule has 1 atom stereocenters. The lowest BCUT2D eigenvalue weighted by atomic mass is 9.80. The smallest absolute Gasteiger partial charge is 0.0568 e. The van der Waals surface area contributed by atoms with E-state index in [0.29, 0.717) is 6.04 Å². The number of anilines is 2. The maximum atomic E-state index is 3.65. The zero-order valence-electron chi connectivity index (χ0n) is 22.3. The predicted molar refractivity (Wildman–Crippen MR) is 157 cm³/mol. The van der Waals surface area contributed by atoms with Crippen LogP contribution in [0.25, 0.3) is 0 Å². The van der Waals surface area contributed by atoms with Crippen molar-refractivity contribution in [1.29, 1.82) is 0 Å². The highest BCUT2D eigenvalue weighted by Gasteiger charge is 2.42. The van der Waals surface area contributed by atoms with Crippen molar-refractivity contribution in [3.63, 3.8) is 0 Å². The molecular formula is C32H39BrN2. The van der Waals surface area contributed by atoms with Crippen LogP contribution in [0.4, 0.5) is 11.4 Å². The first-order chi connectivity index (χ1) is 16.6. The molecule has 35 heavy (non-hydrogen) atoms. The van der Waals surface area contributed by atoms with Crippen LogP contribution in [-0.4, -0.2) is 19.1 Å². The van der Waals surface area contributed by atoms with Gasteiger partial charge in [0.15, 0.2) is 0 Å². The van der Waals surface area contributed by atoms with Crippen LogP contribution >= 0.6 is 15.9 Å². The molecule has 2 aromatic rings. The van der Waals surface area contributed by atoms with Crippen LogP contribution in [-0.2, 0) is 10.8 Å². The van der Waals surface area contributed by atoms with Gasteiger partial charge >= 0.3 is 0 Å². The van der Waals surface area contributed by atoms with Gasteiger partial charge in [-0.1, -0.05) is 97.8 Å². The summed E-state index contributed by atoms with van der Waals surface area (Å²) in [4.78, 5) is 4.95. The Balaban J connectivity index is 1.48. The van der Waals surface area contributed by atoms with Crippen LogP contribution in [0.5, 0.6) is 0 Å². The highest BCUT2D eigenvalue weighted by Crippen LogP contribution is 2.48. The fourth-order valence-corrected chi connectivity index (χ4v) is 6.18. The van der Waals surface area contributed by atoms with E-state index in [4.69, 9.17) is 0 Å². The second-order valence-corrected chi connectivity index (χ2v) is 11.6. The highest BCUT2D eigenvalue weighted by molar-refractivity contribution is 9.10. The molecular weight excluding hydrogens is 492 g/mol. The van der Waals surface area contributed by atoms with E-state index in [1.807, 2.05) is 0 Å². The van der Waals surface area contributed by atoms with Gasteiger partial charge in [0.2, 0.25) is 0 Å². The zero-order valence-corrected chi connectivity index (χ0v) is 23.9. The van der Waals surface area contributed by atoms with Crippen molar-refractivity contribution in [2.75, 3.05) is 22.9 Å². The van der Waals surface area contributed by atoms with E-state index in [-0.39, 0.29) is 10.8 Å². The van der Waals surface area contributed by atoms with E-state index in [9.17, 15) is 0 Å². The van der Waals surface area contributed by atoms with Gasteiger partial charge in [-0.05, 0) is 62.2 Å². The molecule has 0 N–H and O–H groups in total. The Kier molecular flexibility index (Phi) is 7.20. The van der Waals surface area contributed by atoms with Gasteiger partial charge in [0.1, 0.15) is 0 Å². The number of benzene rings is 2. The Morgan fingerprint density at radius 2 is 1.51 bits per heavy atom. The summed E-state index contributed by atoms with van der Waals surface area (Å²) in [5.74, 6) is 0. The van der Waals surface area contributed by atoms with Gasteiger partial charge in [0.05, 0.1) is 6.04 Å². The molecule has 2 aliphatic heterocycles. The standard InChI is InChI=1S/C32H39BrN2/c1-8-34-27-19-17-23(3)21-25(27)31(4,5)29(34)15-13-11-10-12-14-16-30-32(6,7)26-22-24(33)18-20-28(26)35(30)9-2/h10-22,30H,8-9H2,1-7H3/b12-10+,13-11+,16-14+,29-15+. The van der Waals surface area contributed by atoms with E-state index in [1.54, 1.807) is 0 Å². The number of hydrogen-bond acceptors (Lipinski definition) is 2. The average Bonchev–Trinajstić information content (AvgIpc) is 3.16. The second kappa shape index (κ2) is 9.85. The van der Waals surface area contributed by atoms with Crippen molar-refractivity contribution in [3.05, 3.63) is 106 Å². The van der Waals surface area contributed by atoms with Gasteiger partial charge in [-0.25, -0.2) is 0 Å². The number of fused-ring (bicyclic) bond motifs is 2. The quantitative estimate of drug-likeness (QED) is 0.344. The minimum absolute atomic E-state index is 0.00693. The molecule has 2 aliphatic rings. The number of allylic oxidation sites excluding steroid dienone is 7. The first kappa shape index (κ1) is 25.6. The third-order valence-electron chi connectivity index (χ3n) is 7.73. The monoisotopic (exact) mass is 530 g/mol. The molecule has 0 radical (unpaired) electrons. The van der Waals surface area contributed by atoms with Crippen molar-refractivity contribution in [3.8, 4) is 0 Å². The van der Waals surface area contributed by atoms with Crippen LogP contribution in [0.2, 0.25) is 0 Å². The van der Waals surface area contributed by atoms with Gasteiger partial charge in [-0.3, -0.25) is 0 Å². The van der Waals surface area contributed by atoms with Crippen LogP contribution in [0.15, 0.2) is 89.1 Å². The van der Waals surface area contributed by atoms with E-state index in [0.717, 1.165) is 17.6 Å². The van der Waals surface area contributed by atoms with E-state index < -0.39 is 0 Å². The number of halogens is 1. The van der Waals surface area contributed by atoms with Crippen LogP contribution in [0, 0.1) is 6.92 Å². The second-order valence-electron chi connectivity index (χ2n) is 10.7. The number of aryl methyl sites for hydroxylation is 1. The molecule has 1 unspecified atom stereocenters. The summed E-state index contributed by atoms with van der Waals surface area (Å²) in [5.41, 5.74) is 8.27. The summed E-state index contributed by atoms with van der Waals surface area (Å²) in [6.07, 6.45) is 15.4. The van der Waals surface area contributed by atoms with E-state index in [1.165, 1.54) is 33.8 Å². The lowest BCUT2D eigenvalue weighted by Gasteiger charge is -2.31. The summed E-state index contributed by atoms with van der Waals surface area (Å²) >= 11 is 3.65. The first-order valence-electron chi connectivity index (χ1n) is 12.8. The zero-order chi connectivity index (χ0) is 25.4. The molecule has 3 heteroatoms. The van der Waals surface area contributed by atoms with E-state index >= 15 is 0 Å². The topological polar surface area (TPSA) is 6.48 Å². The Hall–Kier alpha value is -2.52. The summed E-state index contributed by atoms with van der Waals surface area (Å²) in [5, 5.41) is 0. The Morgan fingerprint density at radius 1 is 0.829 bits per heavy atom. The molecule has 2 aromatic carbocycles. The van der Waals surface area contributed by atoms with E-state index in [2.05, 4.69) is 153 Å². The largest absolute Gasteiger partial charge is 0.364 e. The van der Waals surface area contributed by atoms with Gasteiger partial charge in [0, 0.05) is 45.5 Å². The van der Waals surface area contributed by atoms with Crippen molar-refractivity contribution < 1.29 is 0 Å². The van der Waals surface area contributed by atoms with Crippen molar-refractivity contribution >= 4 is 27.3 Å². The molecule has 2 nitrogen and oxygen atoms in total. The Labute approximate surface area is 220 Å². The van der Waals surface area contributed by atoms with Gasteiger partial charge in [-0.15, -0.1) is 0 Å². The molecule has 0 saturated carbocycles. The number of nitrogens with zero attached hydrogens (tertiary/aromatic N) is 2. The molecule has 0 spiro atoms. The maximum absolute atomic E-state index is 3.65. The minimum atomic E-state index is 0.00693. The molecule has 0 amide bonds. The average molecular weight is 532 g/mol. The van der Waals surface area contributed by atoms with Gasteiger partial charge in [-0.2, -0.15) is 0 Å². The number of likely N-dealkylation sites (N-methyl/N-ethyl adjacent to an activating group) is 2. The normalized spacial score (nSPS) is 21.7. The molecule has 184 valence electrons. The first-order valence-corrected chi connectivity index (χ1v) is 13.6. The van der Waals surface area contributed by atoms with Gasteiger partial charge < -0.3 is 9.80 Å².